The fourth-order valence-corrected chi connectivity index (χ4v) is 2.16. The normalized spacial score (nSPS) is 14.0. The molecular weight excluding hydrogens is 222 g/mol. The first-order chi connectivity index (χ1) is 8.58. The van der Waals surface area contributed by atoms with Gasteiger partial charge in [0.1, 0.15) is 5.75 Å². The molecule has 18 heavy (non-hydrogen) atoms. The Morgan fingerprint density at radius 3 is 2.72 bits per heavy atom. The summed E-state index contributed by atoms with van der Waals surface area (Å²) in [5.74, 6) is 0.955. The third-order valence-electron chi connectivity index (χ3n) is 3.19. The van der Waals surface area contributed by atoms with Crippen LogP contribution in [-0.2, 0) is 0 Å². The van der Waals surface area contributed by atoms with Crippen molar-refractivity contribution in [1.82, 2.24) is 5.32 Å². The zero-order chi connectivity index (χ0) is 13.5. The second-order valence-electron chi connectivity index (χ2n) is 4.90. The van der Waals surface area contributed by atoms with Crippen LogP contribution in [0.4, 0.5) is 0 Å². The zero-order valence-corrected chi connectivity index (χ0v) is 12.0. The minimum atomic E-state index is 0.291. The first-order valence-corrected chi connectivity index (χ1v) is 6.60. The van der Waals surface area contributed by atoms with Crippen LogP contribution in [0.5, 0.6) is 5.75 Å². The van der Waals surface area contributed by atoms with Crippen molar-refractivity contribution < 1.29 is 4.74 Å². The van der Waals surface area contributed by atoms with Gasteiger partial charge >= 0.3 is 0 Å². The molecular formula is C16H25NO. The van der Waals surface area contributed by atoms with Crippen molar-refractivity contribution in [2.45, 2.75) is 45.7 Å². The van der Waals surface area contributed by atoms with Gasteiger partial charge in [-0.05, 0) is 39.7 Å². The van der Waals surface area contributed by atoms with E-state index in [4.69, 9.17) is 4.74 Å². The quantitative estimate of drug-likeness (QED) is 0.735. The molecule has 1 N–H and O–H groups in total. The molecule has 100 valence electrons. The van der Waals surface area contributed by atoms with Crippen LogP contribution in [0.1, 0.15) is 43.9 Å². The first kappa shape index (κ1) is 14.8. The lowest BCUT2D eigenvalue weighted by Gasteiger charge is -2.22. The van der Waals surface area contributed by atoms with E-state index in [-0.39, 0.29) is 0 Å². The van der Waals surface area contributed by atoms with Gasteiger partial charge in [-0.2, -0.15) is 0 Å². The molecule has 0 spiro atoms. The predicted molar refractivity (Wildman–Crippen MR) is 78.2 cm³/mol. The van der Waals surface area contributed by atoms with Gasteiger partial charge in [0.15, 0.2) is 0 Å². The molecule has 0 saturated carbocycles. The molecule has 2 heteroatoms. The molecule has 0 heterocycles. The summed E-state index contributed by atoms with van der Waals surface area (Å²) in [4.78, 5) is 0. The standard InChI is InChI=1S/C16H25NO/c1-6-7-8-13(3)17-14(4)15-11-12(2)9-10-16(15)18-5/h6,9-11,13-14,17H,1,7-8H2,2-5H3. The van der Waals surface area contributed by atoms with Crippen molar-refractivity contribution in [1.29, 1.82) is 0 Å². The van der Waals surface area contributed by atoms with Crippen LogP contribution < -0.4 is 10.1 Å². The van der Waals surface area contributed by atoms with E-state index in [1.807, 2.05) is 12.1 Å². The van der Waals surface area contributed by atoms with Crippen molar-refractivity contribution in [3.05, 3.63) is 42.0 Å². The molecule has 0 radical (unpaired) electrons. The first-order valence-electron chi connectivity index (χ1n) is 6.60. The highest BCUT2D eigenvalue weighted by atomic mass is 16.5. The highest BCUT2D eigenvalue weighted by molar-refractivity contribution is 5.38. The predicted octanol–water partition coefficient (Wildman–Crippen LogP) is 4.01. The molecule has 1 aromatic rings. The Morgan fingerprint density at radius 2 is 2.11 bits per heavy atom. The van der Waals surface area contributed by atoms with E-state index >= 15 is 0 Å². The van der Waals surface area contributed by atoms with Gasteiger partial charge in [-0.1, -0.05) is 23.8 Å². The summed E-state index contributed by atoms with van der Waals surface area (Å²) < 4.78 is 5.43. The van der Waals surface area contributed by atoms with Crippen LogP contribution in [0, 0.1) is 6.92 Å². The summed E-state index contributed by atoms with van der Waals surface area (Å²) in [6, 6.07) is 7.08. The molecule has 0 bridgehead atoms. The Balaban J connectivity index is 2.73. The lowest BCUT2D eigenvalue weighted by atomic mass is 10.0. The Kier molecular flexibility index (Phi) is 5.93. The Morgan fingerprint density at radius 1 is 1.39 bits per heavy atom. The van der Waals surface area contributed by atoms with Gasteiger partial charge in [0.25, 0.3) is 0 Å². The van der Waals surface area contributed by atoms with E-state index < -0.39 is 0 Å². The fraction of sp³-hybridized carbons (Fsp3) is 0.500. The Labute approximate surface area is 111 Å². The van der Waals surface area contributed by atoms with Crippen LogP contribution in [0.25, 0.3) is 0 Å². The second-order valence-corrected chi connectivity index (χ2v) is 4.90. The molecule has 0 aromatic heterocycles. The maximum atomic E-state index is 5.43. The molecule has 1 rings (SSSR count). The summed E-state index contributed by atoms with van der Waals surface area (Å²) in [6.07, 6.45) is 4.13. The van der Waals surface area contributed by atoms with E-state index in [1.54, 1.807) is 7.11 Å². The van der Waals surface area contributed by atoms with Crippen molar-refractivity contribution in [3.8, 4) is 5.75 Å². The molecule has 0 saturated heterocycles. The summed E-state index contributed by atoms with van der Waals surface area (Å²) >= 11 is 0. The third kappa shape index (κ3) is 4.19. The van der Waals surface area contributed by atoms with Crippen LogP contribution >= 0.6 is 0 Å². The van der Waals surface area contributed by atoms with Gasteiger partial charge < -0.3 is 10.1 Å². The number of methoxy groups -OCH3 is 1. The SMILES string of the molecule is C=CCCC(C)NC(C)c1cc(C)ccc1OC. The van der Waals surface area contributed by atoms with E-state index in [1.165, 1.54) is 11.1 Å². The highest BCUT2D eigenvalue weighted by Gasteiger charge is 2.13. The van der Waals surface area contributed by atoms with Crippen LogP contribution in [0.3, 0.4) is 0 Å². The number of aryl methyl sites for hydroxylation is 1. The monoisotopic (exact) mass is 247 g/mol. The Hall–Kier alpha value is -1.28. The minimum absolute atomic E-state index is 0.291. The summed E-state index contributed by atoms with van der Waals surface area (Å²) in [5, 5.41) is 3.61. The summed E-state index contributed by atoms with van der Waals surface area (Å²) in [5.41, 5.74) is 2.49. The molecule has 1 aromatic carbocycles. The number of benzene rings is 1. The molecule has 2 atom stereocenters. The van der Waals surface area contributed by atoms with Gasteiger partial charge in [-0.25, -0.2) is 0 Å². The van der Waals surface area contributed by atoms with Crippen molar-refractivity contribution in [2.24, 2.45) is 0 Å². The fourth-order valence-electron chi connectivity index (χ4n) is 2.16. The number of ether oxygens (including phenoxy) is 1. The molecule has 2 nitrogen and oxygen atoms in total. The number of allylic oxidation sites excluding steroid dienone is 1. The van der Waals surface area contributed by atoms with Crippen LogP contribution in [0.15, 0.2) is 30.9 Å². The van der Waals surface area contributed by atoms with E-state index in [0.717, 1.165) is 18.6 Å². The zero-order valence-electron chi connectivity index (χ0n) is 12.0. The summed E-state index contributed by atoms with van der Waals surface area (Å²) in [7, 11) is 1.72. The lowest BCUT2D eigenvalue weighted by Crippen LogP contribution is -2.29. The van der Waals surface area contributed by atoms with Crippen LogP contribution in [0.2, 0.25) is 0 Å². The molecule has 0 fully saturated rings. The average Bonchev–Trinajstić information content (AvgIpc) is 2.36. The smallest absolute Gasteiger partial charge is 0.123 e. The van der Waals surface area contributed by atoms with Gasteiger partial charge in [0.2, 0.25) is 0 Å². The molecule has 0 aliphatic heterocycles. The van der Waals surface area contributed by atoms with Gasteiger partial charge in [0, 0.05) is 17.6 Å². The second kappa shape index (κ2) is 7.22. The van der Waals surface area contributed by atoms with Crippen molar-refractivity contribution >= 4 is 0 Å². The Bertz CT molecular complexity index is 387. The lowest BCUT2D eigenvalue weighted by molar-refractivity contribution is 0.393. The maximum absolute atomic E-state index is 5.43. The third-order valence-corrected chi connectivity index (χ3v) is 3.19. The molecule has 0 aliphatic carbocycles. The van der Waals surface area contributed by atoms with E-state index in [0.29, 0.717) is 12.1 Å². The molecule has 2 unspecified atom stereocenters. The van der Waals surface area contributed by atoms with Gasteiger partial charge in [-0.3, -0.25) is 0 Å². The maximum Gasteiger partial charge on any atom is 0.123 e. The highest BCUT2D eigenvalue weighted by Crippen LogP contribution is 2.26. The number of hydrogen-bond acceptors (Lipinski definition) is 2. The van der Waals surface area contributed by atoms with E-state index in [2.05, 4.69) is 44.8 Å². The van der Waals surface area contributed by atoms with Gasteiger partial charge in [-0.15, -0.1) is 6.58 Å². The minimum Gasteiger partial charge on any atom is -0.496 e. The summed E-state index contributed by atoms with van der Waals surface area (Å²) in [6.45, 7) is 10.3. The van der Waals surface area contributed by atoms with E-state index in [9.17, 15) is 0 Å². The van der Waals surface area contributed by atoms with Gasteiger partial charge in [0.05, 0.1) is 7.11 Å². The van der Waals surface area contributed by atoms with Crippen molar-refractivity contribution in [3.63, 3.8) is 0 Å². The number of hydrogen-bond donors (Lipinski definition) is 1. The number of rotatable bonds is 7. The van der Waals surface area contributed by atoms with Crippen LogP contribution in [-0.4, -0.2) is 13.2 Å². The molecule has 0 amide bonds. The number of nitrogens with one attached hydrogen (secondary N) is 1. The molecule has 0 aliphatic rings. The largest absolute Gasteiger partial charge is 0.496 e. The van der Waals surface area contributed by atoms with Crippen molar-refractivity contribution in [2.75, 3.05) is 7.11 Å². The average molecular weight is 247 g/mol. The topological polar surface area (TPSA) is 21.3 Å².